The molecule has 118 valence electrons. The molecule has 0 saturated heterocycles. The number of hydrogen-bond donors (Lipinski definition) is 0. The molecule has 0 fully saturated rings. The first kappa shape index (κ1) is 14.9. The molecule has 0 radical (unpaired) electrons. The number of hydrogen-bond acceptors (Lipinski definition) is 4. The molecular formula is C17H22N2O3. The van der Waals surface area contributed by atoms with Gasteiger partial charge in [0.2, 0.25) is 0 Å². The topological polar surface area (TPSA) is 53.4 Å². The van der Waals surface area contributed by atoms with Crippen molar-refractivity contribution in [3.05, 3.63) is 28.3 Å². The van der Waals surface area contributed by atoms with E-state index in [4.69, 9.17) is 14.5 Å². The average Bonchev–Trinajstić information content (AvgIpc) is 2.75. The largest absolute Gasteiger partial charge is 0.494 e. The van der Waals surface area contributed by atoms with E-state index in [0.717, 1.165) is 38.1 Å². The summed E-state index contributed by atoms with van der Waals surface area (Å²) in [6.45, 7) is 5.68. The molecule has 0 spiro atoms. The second kappa shape index (κ2) is 6.38. The van der Waals surface area contributed by atoms with E-state index in [0.29, 0.717) is 35.6 Å². The normalized spacial score (nSPS) is 14.5. The zero-order valence-electron chi connectivity index (χ0n) is 13.2. The molecule has 3 rings (SSSR count). The van der Waals surface area contributed by atoms with Crippen LogP contribution < -0.4 is 15.0 Å². The molecule has 1 aliphatic heterocycles. The van der Waals surface area contributed by atoms with Gasteiger partial charge in [-0.3, -0.25) is 9.36 Å². The third kappa shape index (κ3) is 2.67. The van der Waals surface area contributed by atoms with E-state index >= 15 is 0 Å². The third-order valence-corrected chi connectivity index (χ3v) is 3.97. The Hall–Kier alpha value is -2.04. The highest BCUT2D eigenvalue weighted by Gasteiger charge is 2.17. The number of benzene rings is 1. The third-order valence-electron chi connectivity index (χ3n) is 3.97. The van der Waals surface area contributed by atoms with Gasteiger partial charge in [0.05, 0.1) is 18.6 Å². The molecule has 22 heavy (non-hydrogen) atoms. The smallest absolute Gasteiger partial charge is 0.261 e. The van der Waals surface area contributed by atoms with E-state index in [1.807, 2.05) is 24.5 Å². The predicted octanol–water partition coefficient (Wildman–Crippen LogP) is 2.92. The Morgan fingerprint density at radius 2 is 1.95 bits per heavy atom. The molecule has 1 aromatic heterocycles. The maximum atomic E-state index is 12.9. The van der Waals surface area contributed by atoms with E-state index in [9.17, 15) is 4.79 Å². The van der Waals surface area contributed by atoms with Gasteiger partial charge in [-0.05, 0) is 32.8 Å². The zero-order chi connectivity index (χ0) is 15.5. The average molecular weight is 302 g/mol. The highest BCUT2D eigenvalue weighted by Crippen LogP contribution is 2.29. The Kier molecular flexibility index (Phi) is 4.32. The number of ether oxygens (including phenoxy) is 2. The highest BCUT2D eigenvalue weighted by atomic mass is 16.5. The van der Waals surface area contributed by atoms with Crippen LogP contribution in [-0.2, 0) is 13.0 Å². The van der Waals surface area contributed by atoms with Crippen molar-refractivity contribution < 1.29 is 9.47 Å². The van der Waals surface area contributed by atoms with Gasteiger partial charge in [-0.25, -0.2) is 4.98 Å². The van der Waals surface area contributed by atoms with Crippen LogP contribution >= 0.6 is 0 Å². The Morgan fingerprint density at radius 1 is 1.14 bits per heavy atom. The lowest BCUT2D eigenvalue weighted by molar-refractivity contribution is 0.325. The van der Waals surface area contributed by atoms with Crippen LogP contribution in [0.1, 0.15) is 38.9 Å². The first-order valence-corrected chi connectivity index (χ1v) is 8.07. The van der Waals surface area contributed by atoms with Crippen LogP contribution in [0.3, 0.4) is 0 Å². The summed E-state index contributed by atoms with van der Waals surface area (Å²) >= 11 is 0. The highest BCUT2D eigenvalue weighted by molar-refractivity contribution is 5.85. The van der Waals surface area contributed by atoms with E-state index < -0.39 is 0 Å². The minimum atomic E-state index is 0.0180. The van der Waals surface area contributed by atoms with Crippen LogP contribution in [0.4, 0.5) is 0 Å². The van der Waals surface area contributed by atoms with Crippen molar-refractivity contribution in [1.82, 2.24) is 9.55 Å². The minimum absolute atomic E-state index is 0.0180. The Labute approximate surface area is 129 Å². The number of aromatic nitrogens is 2. The van der Waals surface area contributed by atoms with Gasteiger partial charge in [-0.2, -0.15) is 0 Å². The Morgan fingerprint density at radius 3 is 2.73 bits per heavy atom. The van der Waals surface area contributed by atoms with Crippen molar-refractivity contribution >= 4 is 10.9 Å². The lowest BCUT2D eigenvalue weighted by Crippen LogP contribution is -2.24. The number of nitrogens with zero attached hydrogens (tertiary/aromatic N) is 2. The number of rotatable bonds is 4. The summed E-state index contributed by atoms with van der Waals surface area (Å²) in [7, 11) is 0. The molecule has 2 heterocycles. The molecule has 0 unspecified atom stereocenters. The van der Waals surface area contributed by atoms with Gasteiger partial charge in [-0.15, -0.1) is 0 Å². The SMILES string of the molecule is CCOc1cc(OCC)c2nc3n(c(=O)c2c1)CCCCC3. The summed E-state index contributed by atoms with van der Waals surface area (Å²) in [6.07, 6.45) is 4.11. The molecule has 0 N–H and O–H groups in total. The standard InChI is InChI=1S/C17H22N2O3/c1-3-21-12-10-13-16(14(11-12)22-4-2)18-15-8-6-5-7-9-19(15)17(13)20/h10-11H,3-9H2,1-2H3. The van der Waals surface area contributed by atoms with Crippen LogP contribution in [-0.4, -0.2) is 22.8 Å². The van der Waals surface area contributed by atoms with E-state index in [1.165, 1.54) is 0 Å². The summed E-state index contributed by atoms with van der Waals surface area (Å²) in [5, 5.41) is 0.583. The summed E-state index contributed by atoms with van der Waals surface area (Å²) in [5.74, 6) is 2.17. The summed E-state index contributed by atoms with van der Waals surface area (Å²) in [5.41, 5.74) is 0.674. The van der Waals surface area contributed by atoms with Crippen LogP contribution in [0.2, 0.25) is 0 Å². The zero-order valence-corrected chi connectivity index (χ0v) is 13.2. The molecule has 0 bridgehead atoms. The van der Waals surface area contributed by atoms with E-state index in [1.54, 1.807) is 6.07 Å². The van der Waals surface area contributed by atoms with Gasteiger partial charge < -0.3 is 9.47 Å². The Balaban J connectivity index is 2.26. The molecule has 0 aliphatic carbocycles. The molecule has 1 aromatic carbocycles. The quantitative estimate of drug-likeness (QED) is 0.871. The lowest BCUT2D eigenvalue weighted by Gasteiger charge is -2.14. The second-order valence-corrected chi connectivity index (χ2v) is 5.48. The maximum absolute atomic E-state index is 12.9. The van der Waals surface area contributed by atoms with Gasteiger partial charge >= 0.3 is 0 Å². The second-order valence-electron chi connectivity index (χ2n) is 5.48. The molecule has 0 saturated carbocycles. The van der Waals surface area contributed by atoms with Crippen molar-refractivity contribution in [2.45, 2.75) is 46.1 Å². The lowest BCUT2D eigenvalue weighted by atomic mass is 10.2. The van der Waals surface area contributed by atoms with E-state index in [-0.39, 0.29) is 5.56 Å². The molecule has 1 aliphatic rings. The fraction of sp³-hybridized carbons (Fsp3) is 0.529. The fourth-order valence-corrected chi connectivity index (χ4v) is 2.98. The van der Waals surface area contributed by atoms with Gasteiger partial charge in [0.25, 0.3) is 5.56 Å². The van der Waals surface area contributed by atoms with Crippen molar-refractivity contribution in [3.8, 4) is 11.5 Å². The first-order chi connectivity index (χ1) is 10.7. The molecule has 5 heteroatoms. The van der Waals surface area contributed by atoms with Gasteiger partial charge in [-0.1, -0.05) is 6.42 Å². The fourth-order valence-electron chi connectivity index (χ4n) is 2.98. The van der Waals surface area contributed by atoms with Crippen LogP contribution in [0.25, 0.3) is 10.9 Å². The monoisotopic (exact) mass is 302 g/mol. The van der Waals surface area contributed by atoms with Crippen LogP contribution in [0.15, 0.2) is 16.9 Å². The summed E-state index contributed by atoms with van der Waals surface area (Å²) in [4.78, 5) is 17.6. The Bertz CT molecular complexity index is 737. The van der Waals surface area contributed by atoms with Crippen molar-refractivity contribution in [3.63, 3.8) is 0 Å². The van der Waals surface area contributed by atoms with Crippen LogP contribution in [0.5, 0.6) is 11.5 Å². The number of aryl methyl sites for hydroxylation is 1. The van der Waals surface area contributed by atoms with Crippen LogP contribution in [0, 0.1) is 0 Å². The minimum Gasteiger partial charge on any atom is -0.494 e. The number of fused-ring (bicyclic) bond motifs is 2. The van der Waals surface area contributed by atoms with Crippen molar-refractivity contribution in [1.29, 1.82) is 0 Å². The first-order valence-electron chi connectivity index (χ1n) is 8.07. The molecule has 0 atom stereocenters. The molecule has 0 amide bonds. The molecule has 5 nitrogen and oxygen atoms in total. The maximum Gasteiger partial charge on any atom is 0.261 e. The summed E-state index contributed by atoms with van der Waals surface area (Å²) < 4.78 is 13.1. The molecular weight excluding hydrogens is 280 g/mol. The van der Waals surface area contributed by atoms with Crippen molar-refractivity contribution in [2.24, 2.45) is 0 Å². The van der Waals surface area contributed by atoms with Crippen molar-refractivity contribution in [2.75, 3.05) is 13.2 Å². The van der Waals surface area contributed by atoms with Gasteiger partial charge in [0, 0.05) is 19.0 Å². The molecule has 2 aromatic rings. The summed E-state index contributed by atoms with van der Waals surface area (Å²) in [6, 6.07) is 3.62. The van der Waals surface area contributed by atoms with E-state index in [2.05, 4.69) is 0 Å². The van der Waals surface area contributed by atoms with Gasteiger partial charge in [0.15, 0.2) is 0 Å². The van der Waals surface area contributed by atoms with Gasteiger partial charge in [0.1, 0.15) is 22.8 Å². The predicted molar refractivity (Wildman–Crippen MR) is 85.9 cm³/mol.